The third kappa shape index (κ3) is 2.08. The molecule has 0 saturated heterocycles. The summed E-state index contributed by atoms with van der Waals surface area (Å²) in [6, 6.07) is 1.97. The minimum Gasteiger partial charge on any atom is -0.266 e. The van der Waals surface area contributed by atoms with Crippen molar-refractivity contribution in [1.29, 1.82) is 0 Å². The van der Waals surface area contributed by atoms with E-state index < -0.39 is 0 Å². The molecule has 0 unspecified atom stereocenters. The van der Waals surface area contributed by atoms with Gasteiger partial charge in [-0.2, -0.15) is 5.10 Å². The summed E-state index contributed by atoms with van der Waals surface area (Å²) in [5.74, 6) is 0. The number of halogens is 1. The minimum absolute atomic E-state index is 0.582. The standard InChI is InChI=1S/C8H8ClN3S/c1-6-2-3-12(11-6)4-7-5-13-8(9)10-7/h2-3,5H,4H2,1H3. The summed E-state index contributed by atoms with van der Waals surface area (Å²) < 4.78 is 2.43. The zero-order valence-electron chi connectivity index (χ0n) is 7.07. The second kappa shape index (κ2) is 3.47. The van der Waals surface area contributed by atoms with Gasteiger partial charge in [-0.15, -0.1) is 11.3 Å². The van der Waals surface area contributed by atoms with Crippen LogP contribution in [0.15, 0.2) is 17.6 Å². The zero-order chi connectivity index (χ0) is 9.26. The molecule has 0 spiro atoms. The van der Waals surface area contributed by atoms with Gasteiger partial charge in [-0.1, -0.05) is 11.6 Å². The maximum absolute atomic E-state index is 5.71. The van der Waals surface area contributed by atoms with Gasteiger partial charge in [0.25, 0.3) is 0 Å². The molecule has 0 N–H and O–H groups in total. The van der Waals surface area contributed by atoms with Gasteiger partial charge in [0.2, 0.25) is 0 Å². The van der Waals surface area contributed by atoms with Crippen LogP contribution in [0.2, 0.25) is 4.47 Å². The number of aromatic nitrogens is 3. The largest absolute Gasteiger partial charge is 0.266 e. The monoisotopic (exact) mass is 213 g/mol. The van der Waals surface area contributed by atoms with Crippen LogP contribution in [0.5, 0.6) is 0 Å². The zero-order valence-corrected chi connectivity index (χ0v) is 8.64. The second-order valence-corrected chi connectivity index (χ2v) is 4.19. The first-order chi connectivity index (χ1) is 6.24. The molecule has 0 saturated carbocycles. The van der Waals surface area contributed by atoms with Crippen molar-refractivity contribution in [3.8, 4) is 0 Å². The van der Waals surface area contributed by atoms with Gasteiger partial charge >= 0.3 is 0 Å². The molecule has 0 bridgehead atoms. The molecule has 5 heteroatoms. The van der Waals surface area contributed by atoms with Gasteiger partial charge in [-0.25, -0.2) is 4.98 Å². The molecule has 13 heavy (non-hydrogen) atoms. The first-order valence-electron chi connectivity index (χ1n) is 3.84. The van der Waals surface area contributed by atoms with Crippen molar-refractivity contribution in [2.75, 3.05) is 0 Å². The predicted octanol–water partition coefficient (Wildman–Crippen LogP) is 2.35. The lowest BCUT2D eigenvalue weighted by atomic mass is 10.5. The Hall–Kier alpha value is -0.870. The van der Waals surface area contributed by atoms with Crippen molar-refractivity contribution in [3.05, 3.63) is 33.5 Å². The summed E-state index contributed by atoms with van der Waals surface area (Å²) in [5, 5.41) is 6.20. The first-order valence-corrected chi connectivity index (χ1v) is 5.10. The number of thiazole rings is 1. The molecule has 2 aromatic heterocycles. The molecule has 0 amide bonds. The molecule has 68 valence electrons. The Morgan fingerprint density at radius 1 is 1.62 bits per heavy atom. The Kier molecular flexibility index (Phi) is 2.33. The first kappa shape index (κ1) is 8.72. The summed E-state index contributed by atoms with van der Waals surface area (Å²) in [4.78, 5) is 4.14. The van der Waals surface area contributed by atoms with Crippen molar-refractivity contribution in [2.24, 2.45) is 0 Å². The quantitative estimate of drug-likeness (QED) is 0.767. The Balaban J connectivity index is 2.14. The van der Waals surface area contributed by atoms with Crippen molar-refractivity contribution in [3.63, 3.8) is 0 Å². The normalized spacial score (nSPS) is 10.6. The fourth-order valence-electron chi connectivity index (χ4n) is 1.07. The van der Waals surface area contributed by atoms with Crippen LogP contribution in [-0.2, 0) is 6.54 Å². The van der Waals surface area contributed by atoms with Crippen molar-refractivity contribution < 1.29 is 0 Å². The van der Waals surface area contributed by atoms with E-state index in [9.17, 15) is 0 Å². The van der Waals surface area contributed by atoms with E-state index >= 15 is 0 Å². The fraction of sp³-hybridized carbons (Fsp3) is 0.250. The average Bonchev–Trinajstić information content (AvgIpc) is 2.62. The van der Waals surface area contributed by atoms with Crippen molar-refractivity contribution >= 4 is 22.9 Å². The second-order valence-electron chi connectivity index (χ2n) is 2.75. The number of hydrogen-bond donors (Lipinski definition) is 0. The lowest BCUT2D eigenvalue weighted by molar-refractivity contribution is 0.669. The third-order valence-electron chi connectivity index (χ3n) is 1.62. The molecule has 2 aromatic rings. The van der Waals surface area contributed by atoms with Gasteiger partial charge in [-0.3, -0.25) is 4.68 Å². The van der Waals surface area contributed by atoms with Gasteiger partial charge in [-0.05, 0) is 13.0 Å². The van der Waals surface area contributed by atoms with Gasteiger partial charge in [0.15, 0.2) is 4.47 Å². The Bertz CT molecular complexity index is 369. The van der Waals surface area contributed by atoms with Gasteiger partial charge < -0.3 is 0 Å². The maximum atomic E-state index is 5.71. The lowest BCUT2D eigenvalue weighted by Gasteiger charge is -1.95. The summed E-state index contributed by atoms with van der Waals surface area (Å²) in [6.45, 7) is 2.65. The van der Waals surface area contributed by atoms with E-state index in [0.29, 0.717) is 11.0 Å². The highest BCUT2D eigenvalue weighted by atomic mass is 35.5. The highest BCUT2D eigenvalue weighted by Crippen LogP contribution is 2.15. The molecule has 0 aliphatic rings. The summed E-state index contributed by atoms with van der Waals surface area (Å²) in [5.41, 5.74) is 1.97. The number of nitrogens with zero attached hydrogens (tertiary/aromatic N) is 3. The summed E-state index contributed by atoms with van der Waals surface area (Å²) in [7, 11) is 0. The SMILES string of the molecule is Cc1ccn(Cc2csc(Cl)n2)n1. The molecule has 2 heterocycles. The molecule has 0 aliphatic heterocycles. The molecule has 0 atom stereocenters. The van der Waals surface area contributed by atoms with E-state index in [0.717, 1.165) is 11.4 Å². The van der Waals surface area contributed by atoms with Crippen LogP contribution >= 0.6 is 22.9 Å². The molecule has 0 aliphatic carbocycles. The molecular formula is C8H8ClN3S. The van der Waals surface area contributed by atoms with E-state index in [1.807, 2.05) is 29.2 Å². The van der Waals surface area contributed by atoms with E-state index in [1.165, 1.54) is 11.3 Å². The van der Waals surface area contributed by atoms with Crippen LogP contribution in [0.4, 0.5) is 0 Å². The van der Waals surface area contributed by atoms with E-state index in [2.05, 4.69) is 10.1 Å². The molecule has 0 aromatic carbocycles. The topological polar surface area (TPSA) is 30.7 Å². The number of hydrogen-bond acceptors (Lipinski definition) is 3. The van der Waals surface area contributed by atoms with E-state index in [1.54, 1.807) is 0 Å². The number of rotatable bonds is 2. The van der Waals surface area contributed by atoms with Crippen molar-refractivity contribution in [2.45, 2.75) is 13.5 Å². The van der Waals surface area contributed by atoms with Gasteiger partial charge in [0, 0.05) is 11.6 Å². The Morgan fingerprint density at radius 3 is 3.00 bits per heavy atom. The predicted molar refractivity (Wildman–Crippen MR) is 53.2 cm³/mol. The fourth-order valence-corrected chi connectivity index (χ4v) is 1.84. The van der Waals surface area contributed by atoms with Crippen LogP contribution in [0, 0.1) is 6.92 Å². The Labute approximate surface area is 85.0 Å². The Morgan fingerprint density at radius 2 is 2.46 bits per heavy atom. The maximum Gasteiger partial charge on any atom is 0.183 e. The average molecular weight is 214 g/mol. The summed E-state index contributed by atoms with van der Waals surface area (Å²) in [6.07, 6.45) is 1.93. The smallest absolute Gasteiger partial charge is 0.183 e. The number of aryl methyl sites for hydroxylation is 1. The minimum atomic E-state index is 0.582. The van der Waals surface area contributed by atoms with Gasteiger partial charge in [0.05, 0.1) is 17.9 Å². The third-order valence-corrected chi connectivity index (χ3v) is 2.65. The van der Waals surface area contributed by atoms with E-state index in [-0.39, 0.29) is 0 Å². The van der Waals surface area contributed by atoms with Crippen LogP contribution in [0.25, 0.3) is 0 Å². The van der Waals surface area contributed by atoms with Crippen LogP contribution in [0.1, 0.15) is 11.4 Å². The molecule has 3 nitrogen and oxygen atoms in total. The van der Waals surface area contributed by atoms with E-state index in [4.69, 9.17) is 11.6 Å². The van der Waals surface area contributed by atoms with Crippen molar-refractivity contribution in [1.82, 2.24) is 14.8 Å². The molecular weight excluding hydrogens is 206 g/mol. The molecule has 0 radical (unpaired) electrons. The van der Waals surface area contributed by atoms with Crippen LogP contribution in [0.3, 0.4) is 0 Å². The molecule has 0 fully saturated rings. The highest BCUT2D eigenvalue weighted by molar-refractivity contribution is 7.13. The van der Waals surface area contributed by atoms with Crippen LogP contribution < -0.4 is 0 Å². The highest BCUT2D eigenvalue weighted by Gasteiger charge is 2.00. The van der Waals surface area contributed by atoms with Crippen LogP contribution in [-0.4, -0.2) is 14.8 Å². The lowest BCUT2D eigenvalue weighted by Crippen LogP contribution is -2.00. The van der Waals surface area contributed by atoms with Gasteiger partial charge in [0.1, 0.15) is 0 Å². The summed E-state index contributed by atoms with van der Waals surface area (Å²) >= 11 is 7.15. The molecule has 2 rings (SSSR count).